The molecule has 0 spiro atoms. The number of rotatable bonds is 8. The maximum Gasteiger partial charge on any atom is 0.272 e. The molecule has 0 radical (unpaired) electrons. The fraction of sp³-hybridized carbons (Fsp3) is 0.211. The van der Waals surface area contributed by atoms with Crippen LogP contribution in [-0.2, 0) is 6.42 Å². The minimum atomic E-state index is -0.383. The summed E-state index contributed by atoms with van der Waals surface area (Å²) in [6, 6.07) is 12.1. The van der Waals surface area contributed by atoms with Crippen molar-refractivity contribution in [3.63, 3.8) is 0 Å². The first kappa shape index (κ1) is 17.5. The number of unbranched alkanes of at least 4 members (excludes halogenated alkanes) is 1. The zero-order chi connectivity index (χ0) is 18.4. The van der Waals surface area contributed by atoms with Crippen LogP contribution in [0.3, 0.4) is 0 Å². The molecule has 0 atom stereocenters. The molecule has 0 aliphatic heterocycles. The van der Waals surface area contributed by atoms with Gasteiger partial charge in [0.15, 0.2) is 5.76 Å². The van der Waals surface area contributed by atoms with E-state index in [0.29, 0.717) is 36.3 Å². The summed E-state index contributed by atoms with van der Waals surface area (Å²) in [5.74, 6) is 0.333. The summed E-state index contributed by atoms with van der Waals surface area (Å²) in [5, 5.41) is 11.0. The van der Waals surface area contributed by atoms with E-state index in [1.54, 1.807) is 36.5 Å². The third-order valence-electron chi connectivity index (χ3n) is 3.95. The molecule has 26 heavy (non-hydrogen) atoms. The summed E-state index contributed by atoms with van der Waals surface area (Å²) < 4.78 is 5.48. The lowest BCUT2D eigenvalue weighted by atomic mass is 10.0. The molecule has 0 unspecified atom stereocenters. The Bertz CT molecular complexity index is 906. The van der Waals surface area contributed by atoms with E-state index >= 15 is 0 Å². The Labute approximate surface area is 149 Å². The van der Waals surface area contributed by atoms with E-state index < -0.39 is 0 Å². The number of Topliss-reactive ketones (excluding diaryl/α,β-unsaturated/α-hetero) is 1. The number of para-hydroxylation sites is 1. The first-order valence-corrected chi connectivity index (χ1v) is 8.28. The minimum Gasteiger partial charge on any atom is -0.432 e. The predicted octanol–water partition coefficient (Wildman–Crippen LogP) is 4.24. The molecule has 0 bridgehead atoms. The van der Waals surface area contributed by atoms with Gasteiger partial charge in [0.2, 0.25) is 5.78 Å². The van der Waals surface area contributed by atoms with Gasteiger partial charge < -0.3 is 4.42 Å². The number of benzene rings is 1. The van der Waals surface area contributed by atoms with Gasteiger partial charge in [-0.3, -0.25) is 19.9 Å². The van der Waals surface area contributed by atoms with Crippen LogP contribution in [0.25, 0.3) is 11.5 Å². The number of aromatic nitrogens is 2. The monoisotopic (exact) mass is 351 g/mol. The van der Waals surface area contributed by atoms with Gasteiger partial charge in [-0.25, -0.2) is 4.98 Å². The van der Waals surface area contributed by atoms with Gasteiger partial charge in [-0.1, -0.05) is 24.3 Å². The molecule has 3 rings (SSSR count). The number of nitro benzene ring substituents is 1. The Kier molecular flexibility index (Phi) is 5.48. The molecule has 7 nitrogen and oxygen atoms in total. The number of pyridine rings is 1. The Morgan fingerprint density at radius 3 is 2.65 bits per heavy atom. The molecular formula is C19H17N3O4. The predicted molar refractivity (Wildman–Crippen MR) is 94.7 cm³/mol. The summed E-state index contributed by atoms with van der Waals surface area (Å²) in [5.41, 5.74) is 1.42. The van der Waals surface area contributed by atoms with Crippen molar-refractivity contribution >= 4 is 11.5 Å². The van der Waals surface area contributed by atoms with Gasteiger partial charge in [0, 0.05) is 24.2 Å². The van der Waals surface area contributed by atoms with Crippen LogP contribution in [0.15, 0.2) is 59.3 Å². The second-order valence-electron chi connectivity index (χ2n) is 5.76. The van der Waals surface area contributed by atoms with Crippen molar-refractivity contribution in [2.75, 3.05) is 0 Å². The largest absolute Gasteiger partial charge is 0.432 e. The smallest absolute Gasteiger partial charge is 0.272 e. The summed E-state index contributed by atoms with van der Waals surface area (Å²) in [4.78, 5) is 31.0. The third-order valence-corrected chi connectivity index (χ3v) is 3.95. The molecule has 0 saturated carbocycles. The number of ketones is 1. The lowest BCUT2D eigenvalue weighted by Crippen LogP contribution is -2.00. The van der Waals surface area contributed by atoms with E-state index in [1.807, 2.05) is 6.07 Å². The quantitative estimate of drug-likeness (QED) is 0.260. The van der Waals surface area contributed by atoms with Crippen LogP contribution >= 0.6 is 0 Å². The van der Waals surface area contributed by atoms with Crippen molar-refractivity contribution in [3.05, 3.63) is 76.4 Å². The SMILES string of the molecule is O=C(CCCCc1ccccc1[N+](=O)[O-])c1ncc(-c2ccccn2)o1. The normalized spacial score (nSPS) is 10.6. The molecule has 0 fully saturated rings. The molecule has 0 N–H and O–H groups in total. The van der Waals surface area contributed by atoms with E-state index in [2.05, 4.69) is 9.97 Å². The van der Waals surface area contributed by atoms with Crippen LogP contribution in [-0.4, -0.2) is 20.7 Å². The number of carbonyl (C=O) groups is 1. The van der Waals surface area contributed by atoms with Gasteiger partial charge in [-0.05, 0) is 31.4 Å². The van der Waals surface area contributed by atoms with Gasteiger partial charge in [0.25, 0.3) is 11.6 Å². The van der Waals surface area contributed by atoms with Crippen LogP contribution in [0.5, 0.6) is 0 Å². The fourth-order valence-electron chi connectivity index (χ4n) is 2.64. The number of aryl methyl sites for hydroxylation is 1. The first-order chi connectivity index (χ1) is 12.6. The van der Waals surface area contributed by atoms with E-state index in [0.717, 1.165) is 0 Å². The van der Waals surface area contributed by atoms with Crippen molar-refractivity contribution < 1.29 is 14.1 Å². The maximum absolute atomic E-state index is 12.2. The molecule has 0 amide bonds. The van der Waals surface area contributed by atoms with Crippen molar-refractivity contribution in [2.45, 2.75) is 25.7 Å². The molecule has 3 aromatic rings. The van der Waals surface area contributed by atoms with E-state index in [1.165, 1.54) is 12.3 Å². The van der Waals surface area contributed by atoms with E-state index in [-0.39, 0.29) is 28.7 Å². The number of carbonyl (C=O) groups excluding carboxylic acids is 1. The highest BCUT2D eigenvalue weighted by atomic mass is 16.6. The number of nitro groups is 1. The molecule has 0 saturated heterocycles. The zero-order valence-electron chi connectivity index (χ0n) is 14.0. The summed E-state index contributed by atoms with van der Waals surface area (Å²) >= 11 is 0. The topological polar surface area (TPSA) is 99.1 Å². The van der Waals surface area contributed by atoms with E-state index in [9.17, 15) is 14.9 Å². The second kappa shape index (κ2) is 8.15. The van der Waals surface area contributed by atoms with Crippen molar-refractivity contribution in [1.82, 2.24) is 9.97 Å². The average Bonchev–Trinajstić information content (AvgIpc) is 3.16. The minimum absolute atomic E-state index is 0.0661. The van der Waals surface area contributed by atoms with Gasteiger partial charge in [-0.2, -0.15) is 0 Å². The van der Waals surface area contributed by atoms with Crippen molar-refractivity contribution in [3.8, 4) is 11.5 Å². The first-order valence-electron chi connectivity index (χ1n) is 8.28. The number of hydrogen-bond donors (Lipinski definition) is 0. The van der Waals surface area contributed by atoms with Crippen LogP contribution in [0.2, 0.25) is 0 Å². The van der Waals surface area contributed by atoms with Gasteiger partial charge >= 0.3 is 0 Å². The highest BCUT2D eigenvalue weighted by molar-refractivity contribution is 5.91. The van der Waals surface area contributed by atoms with Crippen molar-refractivity contribution in [2.24, 2.45) is 0 Å². The summed E-state index contributed by atoms with van der Waals surface area (Å²) in [6.45, 7) is 0. The number of hydrogen-bond acceptors (Lipinski definition) is 6. The van der Waals surface area contributed by atoms with Crippen molar-refractivity contribution in [1.29, 1.82) is 0 Å². The van der Waals surface area contributed by atoms with Gasteiger partial charge in [0.05, 0.1) is 11.1 Å². The Morgan fingerprint density at radius 2 is 1.88 bits per heavy atom. The molecule has 2 heterocycles. The molecular weight excluding hydrogens is 334 g/mol. The Hall–Kier alpha value is -3.35. The Balaban J connectivity index is 1.52. The number of nitrogens with zero attached hydrogens (tertiary/aromatic N) is 3. The number of oxazole rings is 1. The van der Waals surface area contributed by atoms with Crippen LogP contribution in [0, 0.1) is 10.1 Å². The molecule has 7 heteroatoms. The molecule has 2 aromatic heterocycles. The zero-order valence-corrected chi connectivity index (χ0v) is 14.0. The standard InChI is InChI=1S/C19H17N3O4/c23-17(19-21-13-18(26-19)15-9-5-6-12-20-15)11-4-2-8-14-7-1-3-10-16(14)22(24)25/h1,3,5-7,9-10,12-13H,2,4,8,11H2. The highest BCUT2D eigenvalue weighted by Gasteiger charge is 2.15. The summed E-state index contributed by atoms with van der Waals surface area (Å²) in [7, 11) is 0. The Morgan fingerprint density at radius 1 is 1.08 bits per heavy atom. The molecule has 1 aromatic carbocycles. The lowest BCUT2D eigenvalue weighted by molar-refractivity contribution is -0.385. The van der Waals surface area contributed by atoms with Gasteiger partial charge in [-0.15, -0.1) is 0 Å². The summed E-state index contributed by atoms with van der Waals surface area (Å²) in [6.07, 6.45) is 5.24. The maximum atomic E-state index is 12.2. The highest BCUT2D eigenvalue weighted by Crippen LogP contribution is 2.21. The second-order valence-corrected chi connectivity index (χ2v) is 5.76. The molecule has 0 aliphatic rings. The third kappa shape index (κ3) is 4.18. The van der Waals surface area contributed by atoms with Gasteiger partial charge in [0.1, 0.15) is 5.69 Å². The van der Waals surface area contributed by atoms with Crippen LogP contribution in [0.1, 0.15) is 35.5 Å². The fourth-order valence-corrected chi connectivity index (χ4v) is 2.64. The van der Waals surface area contributed by atoms with Crippen LogP contribution < -0.4 is 0 Å². The molecule has 132 valence electrons. The lowest BCUT2D eigenvalue weighted by Gasteiger charge is -2.02. The molecule has 0 aliphatic carbocycles. The van der Waals surface area contributed by atoms with E-state index in [4.69, 9.17) is 4.42 Å². The average molecular weight is 351 g/mol. The van der Waals surface area contributed by atoms with Crippen LogP contribution in [0.4, 0.5) is 5.69 Å².